The zero-order valence-corrected chi connectivity index (χ0v) is 12.3. The number of halogens is 1. The van der Waals surface area contributed by atoms with Crippen molar-refractivity contribution >= 4 is 39.0 Å². The van der Waals surface area contributed by atoms with Crippen LogP contribution in [0.4, 0.5) is 5.00 Å². The van der Waals surface area contributed by atoms with Crippen LogP contribution in [0.2, 0.25) is 0 Å². The molecule has 2 aromatic rings. The molecule has 0 bridgehead atoms. The maximum atomic E-state index is 5.71. The molecule has 0 spiro atoms. The van der Waals surface area contributed by atoms with Crippen molar-refractivity contribution in [2.24, 2.45) is 0 Å². The number of ether oxygens (including phenoxy) is 1. The zero-order valence-electron chi connectivity index (χ0n) is 10.7. The number of hydrogen-bond donors (Lipinski definition) is 0. The van der Waals surface area contributed by atoms with Crippen LogP contribution >= 0.6 is 23.1 Å². The number of rotatable bonds is 4. The molecule has 1 fully saturated rings. The van der Waals surface area contributed by atoms with Crippen LogP contribution in [0.25, 0.3) is 10.9 Å². The van der Waals surface area contributed by atoms with Gasteiger partial charge < -0.3 is 9.64 Å². The molecule has 5 heteroatoms. The molecule has 0 atom stereocenters. The Hall–Kier alpha value is -0.840. The first-order valence-corrected chi connectivity index (χ1v) is 7.96. The molecular weight excluding hydrogens is 280 g/mol. The first kappa shape index (κ1) is 13.2. The third-order valence-corrected chi connectivity index (χ3v) is 4.62. The van der Waals surface area contributed by atoms with Crippen molar-refractivity contribution in [2.75, 3.05) is 30.5 Å². The van der Waals surface area contributed by atoms with E-state index in [0.29, 0.717) is 18.6 Å². The van der Waals surface area contributed by atoms with Crippen LogP contribution in [0.1, 0.15) is 12.8 Å². The Morgan fingerprint density at radius 1 is 1.32 bits per heavy atom. The van der Waals surface area contributed by atoms with E-state index in [1.165, 1.54) is 10.4 Å². The van der Waals surface area contributed by atoms with Gasteiger partial charge >= 0.3 is 0 Å². The van der Waals surface area contributed by atoms with Gasteiger partial charge in [-0.25, -0.2) is 0 Å². The molecule has 0 unspecified atom stereocenters. The minimum Gasteiger partial charge on any atom is -0.377 e. The summed E-state index contributed by atoms with van der Waals surface area (Å²) in [6, 6.07) is 8.35. The quantitative estimate of drug-likeness (QED) is 0.807. The molecule has 0 radical (unpaired) electrons. The third kappa shape index (κ3) is 2.86. The average Bonchev–Trinajstić information content (AvgIpc) is 2.90. The summed E-state index contributed by atoms with van der Waals surface area (Å²) >= 11 is 7.26. The molecule has 0 aliphatic carbocycles. The molecule has 3 nitrogen and oxygen atoms in total. The van der Waals surface area contributed by atoms with Gasteiger partial charge in [-0.3, -0.25) is 0 Å². The highest BCUT2D eigenvalue weighted by atomic mass is 35.5. The number of benzene rings is 1. The Kier molecular flexibility index (Phi) is 4.21. The fourth-order valence-corrected chi connectivity index (χ4v) is 3.54. The number of piperidine rings is 1. The summed E-state index contributed by atoms with van der Waals surface area (Å²) < 4.78 is 10.2. The van der Waals surface area contributed by atoms with Crippen LogP contribution in [0.3, 0.4) is 0 Å². The lowest BCUT2D eigenvalue weighted by Gasteiger charge is -2.32. The molecule has 1 aromatic carbocycles. The predicted molar refractivity (Wildman–Crippen MR) is 81.5 cm³/mol. The highest BCUT2D eigenvalue weighted by Gasteiger charge is 2.22. The lowest BCUT2D eigenvalue weighted by Crippen LogP contribution is -2.36. The fourth-order valence-electron chi connectivity index (χ4n) is 2.54. The topological polar surface area (TPSA) is 25.4 Å². The first-order chi connectivity index (χ1) is 9.38. The number of hydrogen-bond acceptors (Lipinski definition) is 4. The SMILES string of the molecule is ClCCOC1CCN(c2snc3ccccc23)CC1. The van der Waals surface area contributed by atoms with E-state index >= 15 is 0 Å². The van der Waals surface area contributed by atoms with E-state index < -0.39 is 0 Å². The van der Waals surface area contributed by atoms with Gasteiger partial charge in [-0.1, -0.05) is 12.1 Å². The van der Waals surface area contributed by atoms with Gasteiger partial charge in [0.2, 0.25) is 0 Å². The number of nitrogens with zero attached hydrogens (tertiary/aromatic N) is 2. The molecule has 0 amide bonds. The van der Waals surface area contributed by atoms with Gasteiger partial charge in [-0.15, -0.1) is 11.6 Å². The second-order valence-electron chi connectivity index (χ2n) is 4.75. The Morgan fingerprint density at radius 3 is 2.89 bits per heavy atom. The zero-order chi connectivity index (χ0) is 13.1. The maximum absolute atomic E-state index is 5.71. The first-order valence-electron chi connectivity index (χ1n) is 6.65. The van der Waals surface area contributed by atoms with E-state index in [2.05, 4.69) is 27.5 Å². The van der Waals surface area contributed by atoms with Gasteiger partial charge in [0.15, 0.2) is 0 Å². The van der Waals surface area contributed by atoms with Crippen molar-refractivity contribution in [1.82, 2.24) is 4.37 Å². The number of anilines is 1. The summed E-state index contributed by atoms with van der Waals surface area (Å²) in [5.74, 6) is 0.583. The van der Waals surface area contributed by atoms with Crippen LogP contribution < -0.4 is 4.90 Å². The average molecular weight is 297 g/mol. The molecule has 1 aliphatic rings. The van der Waals surface area contributed by atoms with Crippen molar-refractivity contribution < 1.29 is 4.74 Å². The Morgan fingerprint density at radius 2 is 2.11 bits per heavy atom. The third-order valence-electron chi connectivity index (χ3n) is 3.52. The second-order valence-corrected chi connectivity index (χ2v) is 5.88. The molecular formula is C14H17ClN2OS. The van der Waals surface area contributed by atoms with E-state index in [-0.39, 0.29) is 0 Å². The highest BCUT2D eigenvalue weighted by molar-refractivity contribution is 7.11. The molecule has 0 saturated carbocycles. The fraction of sp³-hybridized carbons (Fsp3) is 0.500. The van der Waals surface area contributed by atoms with Crippen LogP contribution in [-0.2, 0) is 4.74 Å². The highest BCUT2D eigenvalue weighted by Crippen LogP contribution is 2.33. The van der Waals surface area contributed by atoms with Gasteiger partial charge in [0.1, 0.15) is 5.00 Å². The number of aromatic nitrogens is 1. The van der Waals surface area contributed by atoms with Crippen molar-refractivity contribution in [3.8, 4) is 0 Å². The van der Waals surface area contributed by atoms with E-state index in [9.17, 15) is 0 Å². The van der Waals surface area contributed by atoms with Crippen molar-refractivity contribution in [3.63, 3.8) is 0 Å². The number of fused-ring (bicyclic) bond motifs is 1. The smallest absolute Gasteiger partial charge is 0.119 e. The number of alkyl halides is 1. The summed E-state index contributed by atoms with van der Waals surface area (Å²) in [6.45, 7) is 2.74. The summed E-state index contributed by atoms with van der Waals surface area (Å²) in [5, 5.41) is 2.57. The lowest BCUT2D eigenvalue weighted by molar-refractivity contribution is 0.0473. The van der Waals surface area contributed by atoms with Crippen molar-refractivity contribution in [2.45, 2.75) is 18.9 Å². The second kappa shape index (κ2) is 6.07. The van der Waals surface area contributed by atoms with Crippen LogP contribution in [0.15, 0.2) is 24.3 Å². The molecule has 0 N–H and O–H groups in total. The van der Waals surface area contributed by atoms with Gasteiger partial charge in [-0.05, 0) is 36.5 Å². The molecule has 1 aromatic heterocycles. The van der Waals surface area contributed by atoms with E-state index in [1.807, 2.05) is 6.07 Å². The molecule has 1 aliphatic heterocycles. The van der Waals surface area contributed by atoms with Gasteiger partial charge in [0.05, 0.1) is 18.2 Å². The van der Waals surface area contributed by atoms with Crippen LogP contribution in [-0.4, -0.2) is 36.1 Å². The van der Waals surface area contributed by atoms with Crippen LogP contribution in [0.5, 0.6) is 0 Å². The summed E-state index contributed by atoms with van der Waals surface area (Å²) in [6.07, 6.45) is 2.51. The molecule has 1 saturated heterocycles. The Bertz CT molecular complexity index is 537. The van der Waals surface area contributed by atoms with Crippen molar-refractivity contribution in [3.05, 3.63) is 24.3 Å². The van der Waals surface area contributed by atoms with E-state index in [1.54, 1.807) is 11.5 Å². The predicted octanol–water partition coefficient (Wildman–Crippen LogP) is 3.52. The molecule has 102 valence electrons. The lowest BCUT2D eigenvalue weighted by atomic mass is 10.1. The largest absolute Gasteiger partial charge is 0.377 e. The summed E-state index contributed by atoms with van der Waals surface area (Å²) in [7, 11) is 0. The maximum Gasteiger partial charge on any atom is 0.119 e. The molecule has 2 heterocycles. The molecule has 19 heavy (non-hydrogen) atoms. The van der Waals surface area contributed by atoms with E-state index in [0.717, 1.165) is 31.4 Å². The van der Waals surface area contributed by atoms with E-state index in [4.69, 9.17) is 16.3 Å². The summed E-state index contributed by atoms with van der Waals surface area (Å²) in [4.78, 5) is 2.43. The van der Waals surface area contributed by atoms with Crippen molar-refractivity contribution in [1.29, 1.82) is 0 Å². The standard InChI is InChI=1S/C14H17ClN2OS/c15-7-10-18-11-5-8-17(9-6-11)14-12-3-1-2-4-13(12)16-19-14/h1-4,11H,5-10H2. The Balaban J connectivity index is 1.68. The summed E-state index contributed by atoms with van der Waals surface area (Å²) in [5.41, 5.74) is 1.10. The van der Waals surface area contributed by atoms with Crippen LogP contribution in [0, 0.1) is 0 Å². The van der Waals surface area contributed by atoms with Gasteiger partial charge in [0, 0.05) is 24.4 Å². The van der Waals surface area contributed by atoms with Gasteiger partial charge in [-0.2, -0.15) is 4.37 Å². The normalized spacial score (nSPS) is 17.2. The van der Waals surface area contributed by atoms with Gasteiger partial charge in [0.25, 0.3) is 0 Å². The Labute approximate surface area is 122 Å². The minimum absolute atomic E-state index is 0.370. The monoisotopic (exact) mass is 296 g/mol. The minimum atomic E-state index is 0.370. The molecule has 3 rings (SSSR count).